The Labute approximate surface area is 118 Å². The number of piperazine rings is 1. The maximum Gasteiger partial charge on any atom is 0.0351 e. The highest BCUT2D eigenvalue weighted by Crippen LogP contribution is 2.24. The quantitative estimate of drug-likeness (QED) is 0.797. The first kappa shape index (κ1) is 13.8. The summed E-state index contributed by atoms with van der Waals surface area (Å²) in [6.45, 7) is 13.8. The van der Waals surface area contributed by atoms with Crippen molar-refractivity contribution in [3.05, 3.63) is 0 Å². The van der Waals surface area contributed by atoms with Crippen molar-refractivity contribution in [2.45, 2.75) is 38.3 Å². The van der Waals surface area contributed by atoms with Crippen LogP contribution in [0, 0.1) is 0 Å². The Bertz CT molecular complexity index is 263. The third-order valence-electron chi connectivity index (χ3n) is 5.17. The lowest BCUT2D eigenvalue weighted by Gasteiger charge is -2.51. The van der Waals surface area contributed by atoms with Gasteiger partial charge in [-0.2, -0.15) is 0 Å². The van der Waals surface area contributed by atoms with Gasteiger partial charge < -0.3 is 10.2 Å². The number of rotatable bonds is 4. The van der Waals surface area contributed by atoms with Gasteiger partial charge in [0.15, 0.2) is 0 Å². The Morgan fingerprint density at radius 1 is 0.895 bits per heavy atom. The minimum absolute atomic E-state index is 0.857. The van der Waals surface area contributed by atoms with Crippen molar-refractivity contribution in [1.29, 1.82) is 0 Å². The van der Waals surface area contributed by atoms with E-state index in [1.165, 1.54) is 78.2 Å². The average Bonchev–Trinajstić information content (AvgIpc) is 2.41. The van der Waals surface area contributed by atoms with Crippen molar-refractivity contribution in [3.8, 4) is 0 Å². The molecule has 3 fully saturated rings. The predicted molar refractivity (Wildman–Crippen MR) is 79.6 cm³/mol. The van der Waals surface area contributed by atoms with Crippen LogP contribution in [-0.2, 0) is 0 Å². The summed E-state index contributed by atoms with van der Waals surface area (Å²) in [5.41, 5.74) is 0. The topological polar surface area (TPSA) is 21.8 Å². The van der Waals surface area contributed by atoms with Gasteiger partial charge in [0.25, 0.3) is 0 Å². The summed E-state index contributed by atoms with van der Waals surface area (Å²) in [7, 11) is 0. The van der Waals surface area contributed by atoms with Crippen molar-refractivity contribution < 1.29 is 0 Å². The van der Waals surface area contributed by atoms with E-state index in [4.69, 9.17) is 0 Å². The summed E-state index contributed by atoms with van der Waals surface area (Å²) in [6, 6.07) is 1.74. The normalized spacial score (nSPS) is 29.5. The third kappa shape index (κ3) is 3.30. The van der Waals surface area contributed by atoms with Crippen LogP contribution in [0.1, 0.15) is 26.2 Å². The zero-order valence-corrected chi connectivity index (χ0v) is 12.5. The van der Waals surface area contributed by atoms with Gasteiger partial charge in [0.1, 0.15) is 0 Å². The highest BCUT2D eigenvalue weighted by Gasteiger charge is 2.37. The van der Waals surface area contributed by atoms with E-state index < -0.39 is 0 Å². The lowest BCUT2D eigenvalue weighted by molar-refractivity contribution is -0.0181. The first-order valence-electron chi connectivity index (χ1n) is 8.28. The van der Waals surface area contributed by atoms with Crippen molar-refractivity contribution in [2.24, 2.45) is 0 Å². The highest BCUT2D eigenvalue weighted by atomic mass is 15.3. The van der Waals surface area contributed by atoms with Crippen molar-refractivity contribution in [2.75, 3.05) is 58.9 Å². The predicted octanol–water partition coefficient (Wildman–Crippen LogP) is 0.450. The van der Waals surface area contributed by atoms with E-state index in [1.54, 1.807) is 0 Å². The van der Waals surface area contributed by atoms with E-state index in [0.717, 1.165) is 12.1 Å². The molecule has 19 heavy (non-hydrogen) atoms. The first-order chi connectivity index (χ1) is 9.36. The molecule has 0 spiro atoms. The molecule has 3 saturated heterocycles. The largest absolute Gasteiger partial charge is 0.314 e. The summed E-state index contributed by atoms with van der Waals surface area (Å²) in [6.07, 6.45) is 4.10. The molecule has 0 amide bonds. The number of likely N-dealkylation sites (tertiary alicyclic amines) is 2. The van der Waals surface area contributed by atoms with Crippen LogP contribution in [0.4, 0.5) is 0 Å². The fourth-order valence-electron chi connectivity index (χ4n) is 3.89. The zero-order chi connectivity index (χ0) is 13.1. The van der Waals surface area contributed by atoms with Gasteiger partial charge in [-0.3, -0.25) is 9.80 Å². The van der Waals surface area contributed by atoms with E-state index in [9.17, 15) is 0 Å². The minimum Gasteiger partial charge on any atom is -0.314 e. The van der Waals surface area contributed by atoms with Crippen LogP contribution in [0.5, 0.6) is 0 Å². The van der Waals surface area contributed by atoms with Gasteiger partial charge >= 0.3 is 0 Å². The molecule has 0 radical (unpaired) electrons. The van der Waals surface area contributed by atoms with E-state index in [0.29, 0.717) is 0 Å². The zero-order valence-electron chi connectivity index (χ0n) is 12.5. The van der Waals surface area contributed by atoms with E-state index >= 15 is 0 Å². The van der Waals surface area contributed by atoms with Crippen LogP contribution >= 0.6 is 0 Å². The molecular weight excluding hydrogens is 236 g/mol. The Morgan fingerprint density at radius 3 is 2.21 bits per heavy atom. The Morgan fingerprint density at radius 2 is 1.58 bits per heavy atom. The van der Waals surface area contributed by atoms with Crippen molar-refractivity contribution >= 4 is 0 Å². The van der Waals surface area contributed by atoms with Crippen LogP contribution in [0.2, 0.25) is 0 Å². The fourth-order valence-corrected chi connectivity index (χ4v) is 3.89. The average molecular weight is 266 g/mol. The smallest absolute Gasteiger partial charge is 0.0351 e. The summed E-state index contributed by atoms with van der Waals surface area (Å²) in [5.74, 6) is 0. The van der Waals surface area contributed by atoms with Crippen LogP contribution < -0.4 is 5.32 Å². The molecule has 4 heteroatoms. The molecular formula is C15H30N4. The van der Waals surface area contributed by atoms with Crippen LogP contribution in [0.15, 0.2) is 0 Å². The maximum atomic E-state index is 3.45. The molecule has 4 nitrogen and oxygen atoms in total. The monoisotopic (exact) mass is 266 g/mol. The fraction of sp³-hybridized carbons (Fsp3) is 1.00. The van der Waals surface area contributed by atoms with Gasteiger partial charge in [0.2, 0.25) is 0 Å². The number of piperidine rings is 1. The van der Waals surface area contributed by atoms with E-state index in [2.05, 4.69) is 26.9 Å². The standard InChI is InChI=1S/C15H30N4/c1-2-7-17-8-3-14(4-9-17)19-12-15(13-19)18-10-5-16-6-11-18/h14-16H,2-13H2,1H3. The molecule has 0 aromatic rings. The number of nitrogens with zero attached hydrogens (tertiary/aromatic N) is 3. The van der Waals surface area contributed by atoms with Gasteiger partial charge in [0.05, 0.1) is 0 Å². The van der Waals surface area contributed by atoms with E-state index in [-0.39, 0.29) is 0 Å². The molecule has 0 unspecified atom stereocenters. The Balaban J connectivity index is 1.37. The number of nitrogens with one attached hydrogen (secondary N) is 1. The minimum atomic E-state index is 0.857. The van der Waals surface area contributed by atoms with E-state index in [1.807, 2.05) is 0 Å². The van der Waals surface area contributed by atoms with Crippen LogP contribution in [-0.4, -0.2) is 85.7 Å². The van der Waals surface area contributed by atoms with Gasteiger partial charge in [-0.15, -0.1) is 0 Å². The second-order valence-electron chi connectivity index (χ2n) is 6.47. The van der Waals surface area contributed by atoms with Gasteiger partial charge in [-0.1, -0.05) is 6.92 Å². The van der Waals surface area contributed by atoms with Crippen molar-refractivity contribution in [3.63, 3.8) is 0 Å². The summed E-state index contributed by atoms with van der Waals surface area (Å²) in [5, 5.41) is 3.45. The molecule has 3 rings (SSSR count). The van der Waals surface area contributed by atoms with Gasteiger partial charge in [-0.05, 0) is 38.9 Å². The highest BCUT2D eigenvalue weighted by molar-refractivity contribution is 4.94. The lowest BCUT2D eigenvalue weighted by atomic mass is 9.96. The molecule has 3 aliphatic rings. The van der Waals surface area contributed by atoms with Crippen LogP contribution in [0.25, 0.3) is 0 Å². The molecule has 0 aromatic heterocycles. The Kier molecular flexibility index (Phi) is 4.74. The first-order valence-corrected chi connectivity index (χ1v) is 8.28. The SMILES string of the molecule is CCCN1CCC(N2CC(N3CCNCC3)C2)CC1. The third-order valence-corrected chi connectivity index (χ3v) is 5.17. The summed E-state index contributed by atoms with van der Waals surface area (Å²) >= 11 is 0. The molecule has 3 heterocycles. The molecule has 0 bridgehead atoms. The molecule has 0 aromatic carbocycles. The van der Waals surface area contributed by atoms with Gasteiger partial charge in [0, 0.05) is 51.4 Å². The maximum absolute atomic E-state index is 3.45. The molecule has 0 aliphatic carbocycles. The van der Waals surface area contributed by atoms with Crippen molar-refractivity contribution in [1.82, 2.24) is 20.0 Å². The molecule has 110 valence electrons. The lowest BCUT2D eigenvalue weighted by Crippen LogP contribution is -2.65. The molecule has 0 saturated carbocycles. The number of hydrogen-bond donors (Lipinski definition) is 1. The summed E-state index contributed by atoms with van der Waals surface area (Å²) in [4.78, 5) is 8.08. The second-order valence-corrected chi connectivity index (χ2v) is 6.47. The van der Waals surface area contributed by atoms with Gasteiger partial charge in [-0.25, -0.2) is 0 Å². The molecule has 0 atom stereocenters. The Hall–Kier alpha value is -0.160. The molecule has 1 N–H and O–H groups in total. The van der Waals surface area contributed by atoms with Crippen LogP contribution in [0.3, 0.4) is 0 Å². The summed E-state index contributed by atoms with van der Waals surface area (Å²) < 4.78 is 0. The molecule has 3 aliphatic heterocycles. The second kappa shape index (κ2) is 6.53. The number of hydrogen-bond acceptors (Lipinski definition) is 4.